The fraction of sp³-hybridized carbons (Fsp3) is 0.933. The van der Waals surface area contributed by atoms with Crippen LogP contribution in [-0.2, 0) is 9.53 Å². The van der Waals surface area contributed by atoms with Crippen LogP contribution in [-0.4, -0.2) is 48.3 Å². The van der Waals surface area contributed by atoms with Crippen LogP contribution >= 0.6 is 0 Å². The molecule has 1 unspecified atom stereocenters. The van der Waals surface area contributed by atoms with Crippen LogP contribution < -0.4 is 0 Å². The van der Waals surface area contributed by atoms with Gasteiger partial charge in [0.05, 0.1) is 13.0 Å². The Kier molecular flexibility index (Phi) is 4.85. The van der Waals surface area contributed by atoms with Crippen molar-refractivity contribution in [1.82, 2.24) is 4.90 Å². The second-order valence-corrected chi connectivity index (χ2v) is 6.33. The van der Waals surface area contributed by atoms with Crippen molar-refractivity contribution in [2.45, 2.75) is 62.9 Å². The standard InChI is InChI=1S/C15H27NO3/c1-16(13(11-19-2)12-6-7-12)15(10-14(17)18)8-4-3-5-9-15/h12-13H,3-11H2,1-2H3,(H,17,18). The molecule has 4 nitrogen and oxygen atoms in total. The van der Waals surface area contributed by atoms with Crippen LogP contribution in [0.4, 0.5) is 0 Å². The van der Waals surface area contributed by atoms with Crippen LogP contribution in [0.25, 0.3) is 0 Å². The lowest BCUT2D eigenvalue weighted by molar-refractivity contribution is -0.142. The molecule has 110 valence electrons. The quantitative estimate of drug-likeness (QED) is 0.771. The first-order chi connectivity index (χ1) is 9.09. The molecule has 4 heteroatoms. The third kappa shape index (κ3) is 3.48. The van der Waals surface area contributed by atoms with E-state index in [-0.39, 0.29) is 12.0 Å². The van der Waals surface area contributed by atoms with E-state index < -0.39 is 5.97 Å². The summed E-state index contributed by atoms with van der Waals surface area (Å²) in [5.41, 5.74) is -0.143. The molecule has 0 bridgehead atoms. The third-order valence-corrected chi connectivity index (χ3v) is 5.01. The van der Waals surface area contributed by atoms with Crippen molar-refractivity contribution in [2.75, 3.05) is 20.8 Å². The number of hydrogen-bond acceptors (Lipinski definition) is 3. The lowest BCUT2D eigenvalue weighted by atomic mass is 9.77. The van der Waals surface area contributed by atoms with E-state index in [2.05, 4.69) is 11.9 Å². The molecular weight excluding hydrogens is 242 g/mol. The molecule has 0 aromatic rings. The summed E-state index contributed by atoms with van der Waals surface area (Å²) in [7, 11) is 3.87. The lowest BCUT2D eigenvalue weighted by Gasteiger charge is -2.47. The number of aliphatic carboxylic acids is 1. The molecule has 2 aliphatic carbocycles. The molecule has 1 atom stereocenters. The van der Waals surface area contributed by atoms with E-state index in [9.17, 15) is 9.90 Å². The maximum absolute atomic E-state index is 11.3. The van der Waals surface area contributed by atoms with Crippen molar-refractivity contribution in [1.29, 1.82) is 0 Å². The Morgan fingerprint density at radius 3 is 2.47 bits per heavy atom. The normalized spacial score (nSPS) is 24.4. The summed E-state index contributed by atoms with van der Waals surface area (Å²) in [6.45, 7) is 0.725. The maximum Gasteiger partial charge on any atom is 0.305 e. The molecule has 0 radical (unpaired) electrons. The zero-order valence-electron chi connectivity index (χ0n) is 12.2. The average Bonchev–Trinajstić information content (AvgIpc) is 3.19. The van der Waals surface area contributed by atoms with Gasteiger partial charge in [0, 0.05) is 18.7 Å². The van der Waals surface area contributed by atoms with Gasteiger partial charge < -0.3 is 9.84 Å². The SMILES string of the molecule is COCC(C1CC1)N(C)C1(CC(=O)O)CCCCC1. The molecule has 2 rings (SSSR count). The molecule has 19 heavy (non-hydrogen) atoms. The topological polar surface area (TPSA) is 49.8 Å². The van der Waals surface area contributed by atoms with Crippen molar-refractivity contribution in [2.24, 2.45) is 5.92 Å². The Labute approximate surface area is 116 Å². The van der Waals surface area contributed by atoms with E-state index in [4.69, 9.17) is 4.74 Å². The van der Waals surface area contributed by atoms with Crippen LogP contribution in [0.5, 0.6) is 0 Å². The number of carboxylic acid groups (broad SMARTS) is 1. The smallest absolute Gasteiger partial charge is 0.305 e. The first-order valence-electron chi connectivity index (χ1n) is 7.53. The molecule has 0 aromatic heterocycles. The molecule has 0 saturated heterocycles. The van der Waals surface area contributed by atoms with Crippen molar-refractivity contribution in [3.8, 4) is 0 Å². The van der Waals surface area contributed by atoms with Crippen molar-refractivity contribution >= 4 is 5.97 Å². The van der Waals surface area contributed by atoms with Crippen LogP contribution in [0.2, 0.25) is 0 Å². The van der Waals surface area contributed by atoms with Crippen LogP contribution in [0.15, 0.2) is 0 Å². The zero-order chi connectivity index (χ0) is 13.9. The fourth-order valence-corrected chi connectivity index (χ4v) is 3.71. The molecule has 2 saturated carbocycles. The van der Waals surface area contributed by atoms with E-state index in [1.54, 1.807) is 7.11 Å². The highest BCUT2D eigenvalue weighted by Crippen LogP contribution is 2.42. The minimum absolute atomic E-state index is 0.143. The number of likely N-dealkylation sites (N-methyl/N-ethyl adjacent to an activating group) is 1. The van der Waals surface area contributed by atoms with E-state index in [0.29, 0.717) is 12.0 Å². The van der Waals surface area contributed by atoms with Gasteiger partial charge >= 0.3 is 5.97 Å². The number of methoxy groups -OCH3 is 1. The van der Waals surface area contributed by atoms with Crippen molar-refractivity contribution < 1.29 is 14.6 Å². The predicted molar refractivity (Wildman–Crippen MR) is 74.2 cm³/mol. The lowest BCUT2D eigenvalue weighted by Crippen LogP contribution is -2.55. The minimum Gasteiger partial charge on any atom is -0.481 e. The van der Waals surface area contributed by atoms with Gasteiger partial charge in [-0.1, -0.05) is 19.3 Å². The van der Waals surface area contributed by atoms with Gasteiger partial charge in [-0.2, -0.15) is 0 Å². The Balaban J connectivity index is 2.12. The van der Waals surface area contributed by atoms with Gasteiger partial charge in [0.25, 0.3) is 0 Å². The Bertz CT molecular complexity index is 309. The van der Waals surface area contributed by atoms with Gasteiger partial charge in [-0.25, -0.2) is 0 Å². The van der Waals surface area contributed by atoms with Crippen LogP contribution in [0, 0.1) is 5.92 Å². The molecule has 0 aromatic carbocycles. The number of carbonyl (C=O) groups is 1. The second kappa shape index (κ2) is 6.23. The van der Waals surface area contributed by atoms with Gasteiger partial charge in [-0.3, -0.25) is 9.69 Å². The Hall–Kier alpha value is -0.610. The monoisotopic (exact) mass is 269 g/mol. The molecule has 0 spiro atoms. The summed E-state index contributed by atoms with van der Waals surface area (Å²) in [6, 6.07) is 0.391. The third-order valence-electron chi connectivity index (χ3n) is 5.01. The van der Waals surface area contributed by atoms with Gasteiger partial charge in [-0.05, 0) is 38.6 Å². The average molecular weight is 269 g/mol. The van der Waals surface area contributed by atoms with Crippen LogP contribution in [0.1, 0.15) is 51.4 Å². The molecule has 0 aliphatic heterocycles. The number of hydrogen-bond donors (Lipinski definition) is 1. The predicted octanol–water partition coefficient (Wildman–Crippen LogP) is 2.52. The molecule has 0 amide bonds. The molecule has 2 aliphatic rings. The highest BCUT2D eigenvalue weighted by molar-refractivity contribution is 5.68. The first kappa shape index (κ1) is 14.8. The molecule has 1 N–H and O–H groups in total. The summed E-state index contributed by atoms with van der Waals surface area (Å²) in [4.78, 5) is 13.6. The largest absolute Gasteiger partial charge is 0.481 e. The zero-order valence-corrected chi connectivity index (χ0v) is 12.2. The summed E-state index contributed by atoms with van der Waals surface area (Å²) in [5, 5.41) is 9.29. The summed E-state index contributed by atoms with van der Waals surface area (Å²) in [6.07, 6.45) is 8.39. The summed E-state index contributed by atoms with van der Waals surface area (Å²) < 4.78 is 5.38. The number of nitrogens with zero attached hydrogens (tertiary/aromatic N) is 1. The number of ether oxygens (including phenoxy) is 1. The van der Waals surface area contributed by atoms with Crippen molar-refractivity contribution in [3.05, 3.63) is 0 Å². The minimum atomic E-state index is -0.666. The molecular formula is C15H27NO3. The maximum atomic E-state index is 11.3. The Morgan fingerprint density at radius 2 is 2.00 bits per heavy atom. The number of carboxylic acids is 1. The second-order valence-electron chi connectivity index (χ2n) is 6.33. The van der Waals surface area contributed by atoms with E-state index in [1.807, 2.05) is 0 Å². The fourth-order valence-electron chi connectivity index (χ4n) is 3.71. The highest BCUT2D eigenvalue weighted by Gasteiger charge is 2.45. The first-order valence-corrected chi connectivity index (χ1v) is 7.53. The number of rotatable bonds is 7. The summed E-state index contributed by atoms with van der Waals surface area (Å²) in [5.74, 6) is 0.0401. The van der Waals surface area contributed by atoms with Crippen molar-refractivity contribution in [3.63, 3.8) is 0 Å². The Morgan fingerprint density at radius 1 is 1.37 bits per heavy atom. The van der Waals surface area contributed by atoms with E-state index in [1.165, 1.54) is 19.3 Å². The van der Waals surface area contributed by atoms with E-state index >= 15 is 0 Å². The highest BCUT2D eigenvalue weighted by atomic mass is 16.5. The van der Waals surface area contributed by atoms with Gasteiger partial charge in [-0.15, -0.1) is 0 Å². The van der Waals surface area contributed by atoms with Gasteiger partial charge in [0.1, 0.15) is 0 Å². The molecule has 2 fully saturated rings. The summed E-state index contributed by atoms with van der Waals surface area (Å²) >= 11 is 0. The van der Waals surface area contributed by atoms with Crippen LogP contribution in [0.3, 0.4) is 0 Å². The van der Waals surface area contributed by atoms with Gasteiger partial charge in [0.2, 0.25) is 0 Å². The van der Waals surface area contributed by atoms with E-state index in [0.717, 1.165) is 32.3 Å². The molecule has 0 heterocycles. The van der Waals surface area contributed by atoms with Gasteiger partial charge in [0.15, 0.2) is 0 Å².